The van der Waals surface area contributed by atoms with Gasteiger partial charge < -0.3 is 4.90 Å². The van der Waals surface area contributed by atoms with Gasteiger partial charge in [-0.2, -0.15) is 0 Å². The molecule has 1 atom stereocenters. The van der Waals surface area contributed by atoms with Gasteiger partial charge >= 0.3 is 0 Å². The van der Waals surface area contributed by atoms with E-state index in [1.807, 2.05) is 47.4 Å². The van der Waals surface area contributed by atoms with Crippen molar-refractivity contribution in [2.75, 3.05) is 0 Å². The number of halogens is 2. The van der Waals surface area contributed by atoms with Gasteiger partial charge in [0, 0.05) is 11.2 Å². The van der Waals surface area contributed by atoms with Crippen LogP contribution in [0.4, 0.5) is 4.39 Å². The summed E-state index contributed by atoms with van der Waals surface area (Å²) in [5.74, 6) is 0.254. The average molecular weight is 435 g/mol. The molecule has 0 aliphatic heterocycles. The van der Waals surface area contributed by atoms with E-state index < -0.39 is 5.41 Å². The zero-order valence-corrected chi connectivity index (χ0v) is 17.9. The van der Waals surface area contributed by atoms with Crippen LogP contribution in [0.25, 0.3) is 0 Å². The van der Waals surface area contributed by atoms with E-state index in [1.165, 1.54) is 12.1 Å². The van der Waals surface area contributed by atoms with Crippen LogP contribution >= 0.6 is 11.6 Å². The predicted octanol–water partition coefficient (Wildman–Crippen LogP) is 6.09. The van der Waals surface area contributed by atoms with E-state index >= 15 is 0 Å². The Kier molecular flexibility index (Phi) is 5.27. The predicted molar refractivity (Wildman–Crippen MR) is 119 cm³/mol. The quantitative estimate of drug-likeness (QED) is 0.451. The fourth-order valence-corrected chi connectivity index (χ4v) is 4.66. The first-order valence-corrected chi connectivity index (χ1v) is 11.2. The number of benzene rings is 2. The highest BCUT2D eigenvalue weighted by Gasteiger charge is 2.55. The van der Waals surface area contributed by atoms with Crippen LogP contribution in [0.3, 0.4) is 0 Å². The summed E-state index contributed by atoms with van der Waals surface area (Å²) >= 11 is 6.14. The molecule has 3 nitrogen and oxygen atoms in total. The highest BCUT2D eigenvalue weighted by Crippen LogP contribution is 2.53. The van der Waals surface area contributed by atoms with Gasteiger partial charge in [-0.3, -0.25) is 9.78 Å². The molecule has 31 heavy (non-hydrogen) atoms. The van der Waals surface area contributed by atoms with Gasteiger partial charge in [-0.05, 0) is 79.1 Å². The molecule has 0 saturated heterocycles. The summed E-state index contributed by atoms with van der Waals surface area (Å²) < 4.78 is 13.5. The molecule has 0 N–H and O–H groups in total. The van der Waals surface area contributed by atoms with E-state index in [0.717, 1.165) is 42.5 Å². The van der Waals surface area contributed by atoms with E-state index in [2.05, 4.69) is 4.98 Å². The lowest BCUT2D eigenvalue weighted by Crippen LogP contribution is -2.42. The monoisotopic (exact) mass is 434 g/mol. The fourth-order valence-electron chi connectivity index (χ4n) is 4.54. The number of aromatic nitrogens is 1. The van der Waals surface area contributed by atoms with Crippen molar-refractivity contribution in [1.29, 1.82) is 0 Å². The minimum atomic E-state index is -0.567. The second kappa shape index (κ2) is 8.08. The van der Waals surface area contributed by atoms with E-state index in [0.29, 0.717) is 17.5 Å². The minimum absolute atomic E-state index is 0.0234. The number of carbonyl (C=O) groups is 1. The zero-order chi connectivity index (χ0) is 21.4. The summed E-state index contributed by atoms with van der Waals surface area (Å²) in [6, 6.07) is 20.0. The largest absolute Gasteiger partial charge is 0.329 e. The van der Waals surface area contributed by atoms with Gasteiger partial charge in [-0.15, -0.1) is 0 Å². The van der Waals surface area contributed by atoms with Crippen LogP contribution in [0.2, 0.25) is 5.02 Å². The molecule has 1 unspecified atom stereocenters. The Hall–Kier alpha value is -2.72. The number of nitrogens with zero attached hydrogens (tertiary/aromatic N) is 2. The maximum absolute atomic E-state index is 14.1. The van der Waals surface area contributed by atoms with Crippen molar-refractivity contribution >= 4 is 17.5 Å². The molecule has 3 aromatic rings. The van der Waals surface area contributed by atoms with Crippen molar-refractivity contribution < 1.29 is 9.18 Å². The first kappa shape index (κ1) is 20.2. The Bertz CT molecular complexity index is 1060. The lowest BCUT2D eigenvalue weighted by Gasteiger charge is -2.35. The number of hydrogen-bond acceptors (Lipinski definition) is 2. The highest BCUT2D eigenvalue weighted by molar-refractivity contribution is 6.30. The maximum atomic E-state index is 14.1. The Morgan fingerprint density at radius 3 is 2.35 bits per heavy atom. The van der Waals surface area contributed by atoms with Gasteiger partial charge in [0.05, 0.1) is 23.7 Å². The van der Waals surface area contributed by atoms with Crippen LogP contribution in [0, 0.1) is 11.7 Å². The van der Waals surface area contributed by atoms with E-state index in [1.54, 1.807) is 18.3 Å². The molecule has 0 radical (unpaired) electrons. The second-order valence-electron chi connectivity index (χ2n) is 8.68. The van der Waals surface area contributed by atoms with Crippen LogP contribution < -0.4 is 0 Å². The number of carbonyl (C=O) groups excluding carboxylic acids is 1. The summed E-state index contributed by atoms with van der Waals surface area (Å²) in [6.45, 7) is 0.451. The fraction of sp³-hybridized carbons (Fsp3) is 0.308. The van der Waals surface area contributed by atoms with Crippen LogP contribution in [-0.4, -0.2) is 15.8 Å². The smallest absolute Gasteiger partial charge is 0.234 e. The highest BCUT2D eigenvalue weighted by atomic mass is 35.5. The lowest BCUT2D eigenvalue weighted by atomic mass is 9.91. The molecule has 5 heteroatoms. The molecule has 2 aliphatic carbocycles. The average Bonchev–Trinajstić information content (AvgIpc) is 3.70. The Labute approximate surface area is 186 Å². The van der Waals surface area contributed by atoms with Crippen LogP contribution in [0.1, 0.15) is 48.5 Å². The van der Waals surface area contributed by atoms with Crippen molar-refractivity contribution in [2.45, 2.75) is 43.7 Å². The van der Waals surface area contributed by atoms with E-state index in [-0.39, 0.29) is 17.8 Å². The number of rotatable bonds is 7. The molecule has 2 saturated carbocycles. The van der Waals surface area contributed by atoms with Gasteiger partial charge in [0.15, 0.2) is 0 Å². The van der Waals surface area contributed by atoms with Crippen molar-refractivity contribution in [1.82, 2.24) is 9.88 Å². The SMILES string of the molecule is O=C(N(Cc1ccccn1)C(c1ccc(Cl)cc1)C1CC1)C1(c2ccc(F)cc2)CC1. The standard InChI is InChI=1S/C26H24ClFN2O/c27-21-10-6-19(7-11-21)24(18-4-5-18)30(17-23-3-1-2-16-29-23)25(31)26(14-15-26)20-8-12-22(28)13-9-20/h1-3,6-13,16,18,24H,4-5,14-15,17H2. The Morgan fingerprint density at radius 1 is 1.06 bits per heavy atom. The summed E-state index contributed by atoms with van der Waals surface area (Å²) in [5.41, 5.74) is 2.30. The van der Waals surface area contributed by atoms with Gasteiger partial charge in [0.25, 0.3) is 0 Å². The summed E-state index contributed by atoms with van der Waals surface area (Å²) in [4.78, 5) is 20.6. The van der Waals surface area contributed by atoms with Crippen LogP contribution in [-0.2, 0) is 16.8 Å². The number of amides is 1. The van der Waals surface area contributed by atoms with Crippen LogP contribution in [0.5, 0.6) is 0 Å². The third-order valence-electron chi connectivity index (χ3n) is 6.49. The van der Waals surface area contributed by atoms with Gasteiger partial charge in [-0.1, -0.05) is 41.9 Å². The molecule has 1 aromatic heterocycles. The molecule has 2 aliphatic rings. The molecule has 0 spiro atoms. The lowest BCUT2D eigenvalue weighted by molar-refractivity contribution is -0.138. The van der Waals surface area contributed by atoms with Crippen molar-refractivity contribution in [2.24, 2.45) is 5.92 Å². The first-order chi connectivity index (χ1) is 15.1. The zero-order valence-electron chi connectivity index (χ0n) is 17.2. The first-order valence-electron chi connectivity index (χ1n) is 10.8. The molecular weight excluding hydrogens is 411 g/mol. The second-order valence-corrected chi connectivity index (χ2v) is 9.11. The van der Waals surface area contributed by atoms with Crippen molar-refractivity contribution in [3.8, 4) is 0 Å². The van der Waals surface area contributed by atoms with E-state index in [4.69, 9.17) is 11.6 Å². The molecule has 5 rings (SSSR count). The molecular formula is C26H24ClFN2O. The minimum Gasteiger partial charge on any atom is -0.329 e. The summed E-state index contributed by atoms with van der Waals surface area (Å²) in [7, 11) is 0. The van der Waals surface area contributed by atoms with Gasteiger partial charge in [0.2, 0.25) is 5.91 Å². The van der Waals surface area contributed by atoms with Gasteiger partial charge in [0.1, 0.15) is 5.82 Å². The molecule has 1 amide bonds. The molecule has 1 heterocycles. The number of hydrogen-bond donors (Lipinski definition) is 0. The third-order valence-corrected chi connectivity index (χ3v) is 6.74. The Morgan fingerprint density at radius 2 is 1.77 bits per heavy atom. The molecule has 0 bridgehead atoms. The van der Waals surface area contributed by atoms with Gasteiger partial charge in [-0.25, -0.2) is 4.39 Å². The maximum Gasteiger partial charge on any atom is 0.234 e. The Balaban J connectivity index is 1.54. The van der Waals surface area contributed by atoms with Crippen LogP contribution in [0.15, 0.2) is 72.9 Å². The summed E-state index contributed by atoms with van der Waals surface area (Å²) in [5, 5.41) is 0.686. The topological polar surface area (TPSA) is 33.2 Å². The molecule has 2 aromatic carbocycles. The van der Waals surface area contributed by atoms with E-state index in [9.17, 15) is 9.18 Å². The van der Waals surface area contributed by atoms with Crippen molar-refractivity contribution in [3.63, 3.8) is 0 Å². The number of pyridine rings is 1. The summed E-state index contributed by atoms with van der Waals surface area (Å²) in [6.07, 6.45) is 5.54. The third kappa shape index (κ3) is 4.09. The molecule has 2 fully saturated rings. The normalized spacial score (nSPS) is 17.7. The molecule has 158 valence electrons. The van der Waals surface area contributed by atoms with Crippen molar-refractivity contribution in [3.05, 3.63) is 101 Å².